The van der Waals surface area contributed by atoms with Crippen LogP contribution in [-0.2, 0) is 0 Å². The van der Waals surface area contributed by atoms with Gasteiger partial charge in [-0.25, -0.2) is 0 Å². The fraction of sp³-hybridized carbons (Fsp3) is 0.400. The summed E-state index contributed by atoms with van der Waals surface area (Å²) in [4.78, 5) is 0. The fourth-order valence-corrected chi connectivity index (χ4v) is 1.40. The third kappa shape index (κ3) is 1.24. The summed E-state index contributed by atoms with van der Waals surface area (Å²) in [5.74, 6) is 0.971. The van der Waals surface area contributed by atoms with Gasteiger partial charge in [-0.1, -0.05) is 6.07 Å². The summed E-state index contributed by atoms with van der Waals surface area (Å²) in [7, 11) is 0. The molecule has 0 fully saturated rings. The van der Waals surface area contributed by atoms with Crippen LogP contribution in [0.1, 0.15) is 12.5 Å². The highest BCUT2D eigenvalue weighted by Crippen LogP contribution is 2.29. The number of hydrogen-bond donors (Lipinski definition) is 1. The molecule has 1 aromatic rings. The molecular weight excluding hydrogens is 150 g/mol. The maximum Gasteiger partial charge on any atom is 0.142 e. The first-order valence-electron chi connectivity index (χ1n) is 4.26. The minimum Gasteiger partial charge on any atom is -0.489 e. The van der Waals surface area contributed by atoms with Gasteiger partial charge in [-0.05, 0) is 31.5 Å². The van der Waals surface area contributed by atoms with Crippen LogP contribution < -0.4 is 10.1 Å². The van der Waals surface area contributed by atoms with Crippen LogP contribution in [0.5, 0.6) is 5.75 Å². The van der Waals surface area contributed by atoms with E-state index in [0.29, 0.717) is 6.04 Å². The SMILES string of the molecule is Cc1ccc2c(c1)NC(C)CO2. The van der Waals surface area contributed by atoms with Crippen LogP contribution in [0.15, 0.2) is 18.2 Å². The standard InChI is InChI=1S/C10H13NO/c1-7-3-4-10-9(5-7)11-8(2)6-12-10/h3-5,8,11H,6H2,1-2H3. The Kier molecular flexibility index (Phi) is 1.68. The number of rotatable bonds is 0. The normalized spacial score (nSPS) is 20.7. The summed E-state index contributed by atoms with van der Waals surface area (Å²) in [6, 6.07) is 6.62. The van der Waals surface area contributed by atoms with Crippen LogP contribution in [0.4, 0.5) is 5.69 Å². The molecule has 0 amide bonds. The highest BCUT2D eigenvalue weighted by molar-refractivity contribution is 5.59. The molecule has 1 aliphatic heterocycles. The molecule has 0 saturated heterocycles. The first kappa shape index (κ1) is 7.47. The number of ether oxygens (including phenoxy) is 1. The van der Waals surface area contributed by atoms with Crippen molar-refractivity contribution in [1.29, 1.82) is 0 Å². The van der Waals surface area contributed by atoms with Crippen molar-refractivity contribution in [3.05, 3.63) is 23.8 Å². The molecule has 2 nitrogen and oxygen atoms in total. The van der Waals surface area contributed by atoms with E-state index in [-0.39, 0.29) is 0 Å². The maximum absolute atomic E-state index is 5.53. The smallest absolute Gasteiger partial charge is 0.142 e. The lowest BCUT2D eigenvalue weighted by atomic mass is 10.1. The molecule has 1 atom stereocenters. The van der Waals surface area contributed by atoms with E-state index in [2.05, 4.69) is 31.3 Å². The van der Waals surface area contributed by atoms with Gasteiger partial charge in [0.05, 0.1) is 11.7 Å². The van der Waals surface area contributed by atoms with Gasteiger partial charge in [0.1, 0.15) is 12.4 Å². The molecule has 1 unspecified atom stereocenters. The predicted octanol–water partition coefficient (Wildman–Crippen LogP) is 2.19. The summed E-state index contributed by atoms with van der Waals surface area (Å²) in [6.45, 7) is 4.96. The molecule has 12 heavy (non-hydrogen) atoms. The minimum absolute atomic E-state index is 0.416. The van der Waals surface area contributed by atoms with E-state index >= 15 is 0 Å². The molecule has 0 spiro atoms. The lowest BCUT2D eigenvalue weighted by Gasteiger charge is -2.24. The zero-order valence-corrected chi connectivity index (χ0v) is 7.42. The van der Waals surface area contributed by atoms with Crippen LogP contribution in [0, 0.1) is 6.92 Å². The van der Waals surface area contributed by atoms with Crippen molar-refractivity contribution in [3.8, 4) is 5.75 Å². The van der Waals surface area contributed by atoms with Gasteiger partial charge in [0.2, 0.25) is 0 Å². The third-order valence-corrected chi connectivity index (χ3v) is 2.03. The Morgan fingerprint density at radius 1 is 1.50 bits per heavy atom. The summed E-state index contributed by atoms with van der Waals surface area (Å²) in [5.41, 5.74) is 2.38. The lowest BCUT2D eigenvalue weighted by molar-refractivity contribution is 0.292. The maximum atomic E-state index is 5.53. The van der Waals surface area contributed by atoms with Gasteiger partial charge in [0, 0.05) is 0 Å². The highest BCUT2D eigenvalue weighted by Gasteiger charge is 2.13. The first-order valence-corrected chi connectivity index (χ1v) is 4.26. The molecule has 64 valence electrons. The third-order valence-electron chi connectivity index (χ3n) is 2.03. The van der Waals surface area contributed by atoms with Gasteiger partial charge >= 0.3 is 0 Å². The lowest BCUT2D eigenvalue weighted by Crippen LogP contribution is -2.28. The predicted molar refractivity (Wildman–Crippen MR) is 49.8 cm³/mol. The Hall–Kier alpha value is -1.18. The second-order valence-corrected chi connectivity index (χ2v) is 3.36. The average molecular weight is 163 g/mol. The molecule has 2 heteroatoms. The first-order chi connectivity index (χ1) is 5.75. The Bertz CT molecular complexity index is 296. The van der Waals surface area contributed by atoms with E-state index in [9.17, 15) is 0 Å². The number of benzene rings is 1. The highest BCUT2D eigenvalue weighted by atomic mass is 16.5. The van der Waals surface area contributed by atoms with Crippen molar-refractivity contribution in [3.63, 3.8) is 0 Å². The second kappa shape index (κ2) is 2.70. The number of fused-ring (bicyclic) bond motifs is 1. The van der Waals surface area contributed by atoms with E-state index in [4.69, 9.17) is 4.74 Å². The number of hydrogen-bond acceptors (Lipinski definition) is 2. The molecule has 0 radical (unpaired) electrons. The van der Waals surface area contributed by atoms with E-state index in [1.807, 2.05) is 6.07 Å². The Morgan fingerprint density at radius 2 is 2.33 bits per heavy atom. The molecule has 2 rings (SSSR count). The van der Waals surface area contributed by atoms with Crippen molar-refractivity contribution in [2.24, 2.45) is 0 Å². The van der Waals surface area contributed by atoms with E-state index in [1.54, 1.807) is 0 Å². The summed E-state index contributed by atoms with van der Waals surface area (Å²) in [5, 5.41) is 3.38. The zero-order chi connectivity index (χ0) is 8.55. The molecule has 1 aliphatic rings. The van der Waals surface area contributed by atoms with Gasteiger partial charge < -0.3 is 10.1 Å². The number of anilines is 1. The average Bonchev–Trinajstić information content (AvgIpc) is 2.03. The largest absolute Gasteiger partial charge is 0.489 e. The monoisotopic (exact) mass is 163 g/mol. The van der Waals surface area contributed by atoms with Gasteiger partial charge in [-0.2, -0.15) is 0 Å². The van der Waals surface area contributed by atoms with Gasteiger partial charge in [0.25, 0.3) is 0 Å². The van der Waals surface area contributed by atoms with Crippen molar-refractivity contribution < 1.29 is 4.74 Å². The van der Waals surface area contributed by atoms with Crippen LogP contribution in [0.2, 0.25) is 0 Å². The van der Waals surface area contributed by atoms with Gasteiger partial charge in [-0.3, -0.25) is 0 Å². The van der Waals surface area contributed by atoms with Crippen molar-refractivity contribution >= 4 is 5.69 Å². The Labute approximate surface area is 72.5 Å². The van der Waals surface area contributed by atoms with Crippen molar-refractivity contribution in [2.45, 2.75) is 19.9 Å². The van der Waals surface area contributed by atoms with Gasteiger partial charge in [0.15, 0.2) is 0 Å². The van der Waals surface area contributed by atoms with Crippen LogP contribution in [0.25, 0.3) is 0 Å². The Morgan fingerprint density at radius 3 is 3.17 bits per heavy atom. The quantitative estimate of drug-likeness (QED) is 0.633. The molecular formula is C10H13NO. The second-order valence-electron chi connectivity index (χ2n) is 3.36. The summed E-state index contributed by atoms with van der Waals surface area (Å²) < 4.78 is 5.53. The van der Waals surface area contributed by atoms with Crippen LogP contribution in [0.3, 0.4) is 0 Å². The van der Waals surface area contributed by atoms with Crippen molar-refractivity contribution in [1.82, 2.24) is 0 Å². The minimum atomic E-state index is 0.416. The summed E-state index contributed by atoms with van der Waals surface area (Å²) in [6.07, 6.45) is 0. The number of aryl methyl sites for hydroxylation is 1. The molecule has 0 bridgehead atoms. The number of nitrogens with one attached hydrogen (secondary N) is 1. The van der Waals surface area contributed by atoms with E-state index in [1.165, 1.54) is 5.56 Å². The molecule has 1 aromatic carbocycles. The summed E-state index contributed by atoms with van der Waals surface area (Å²) >= 11 is 0. The van der Waals surface area contributed by atoms with E-state index in [0.717, 1.165) is 18.0 Å². The molecule has 0 aromatic heterocycles. The van der Waals surface area contributed by atoms with Crippen LogP contribution in [-0.4, -0.2) is 12.6 Å². The van der Waals surface area contributed by atoms with Crippen LogP contribution >= 0.6 is 0 Å². The van der Waals surface area contributed by atoms with Crippen molar-refractivity contribution in [2.75, 3.05) is 11.9 Å². The molecule has 0 saturated carbocycles. The fourth-order valence-electron chi connectivity index (χ4n) is 1.40. The topological polar surface area (TPSA) is 21.3 Å². The molecule has 1 heterocycles. The zero-order valence-electron chi connectivity index (χ0n) is 7.42. The molecule has 0 aliphatic carbocycles. The molecule has 1 N–H and O–H groups in total. The Balaban J connectivity index is 2.37. The van der Waals surface area contributed by atoms with Gasteiger partial charge in [-0.15, -0.1) is 0 Å². The van der Waals surface area contributed by atoms with E-state index < -0.39 is 0 Å².